The monoisotopic (exact) mass is 290 g/mol. The molecule has 1 aromatic rings. The minimum absolute atomic E-state index is 0.0841. The molecule has 0 spiro atoms. The Balaban J connectivity index is 3.38. The molecule has 0 unspecified atom stereocenters. The fourth-order valence-electron chi connectivity index (χ4n) is 1.24. The van der Waals surface area contributed by atoms with Crippen molar-refractivity contribution >= 4 is 28.4 Å². The Hall–Kier alpha value is -0.580. The van der Waals surface area contributed by atoms with Gasteiger partial charge in [0.15, 0.2) is 5.78 Å². The highest BCUT2D eigenvalue weighted by molar-refractivity contribution is 14.1. The maximum Gasteiger partial charge on any atom is 0.161 e. The van der Waals surface area contributed by atoms with Crippen LogP contribution in [0.1, 0.15) is 22.8 Å². The number of aryl methyl sites for hydroxylation is 1. The molecule has 0 N–H and O–H groups in total. The molecule has 13 heavy (non-hydrogen) atoms. The smallest absolute Gasteiger partial charge is 0.161 e. The van der Waals surface area contributed by atoms with Crippen LogP contribution in [0.4, 0.5) is 0 Å². The van der Waals surface area contributed by atoms with Crippen molar-refractivity contribution < 1.29 is 9.53 Å². The summed E-state index contributed by atoms with van der Waals surface area (Å²) in [5.41, 5.74) is 1.76. The minimum atomic E-state index is 0.0841. The van der Waals surface area contributed by atoms with Crippen LogP contribution in [0, 0.1) is 10.5 Å². The van der Waals surface area contributed by atoms with Crippen LogP contribution in [0.3, 0.4) is 0 Å². The predicted octanol–water partition coefficient (Wildman–Crippen LogP) is 2.81. The van der Waals surface area contributed by atoms with Crippen LogP contribution in [-0.2, 0) is 0 Å². The molecular formula is C10H11IO2. The van der Waals surface area contributed by atoms with Gasteiger partial charge in [-0.15, -0.1) is 0 Å². The first-order chi connectivity index (χ1) is 6.07. The molecule has 0 saturated carbocycles. The van der Waals surface area contributed by atoms with E-state index in [2.05, 4.69) is 22.6 Å². The molecule has 2 nitrogen and oxygen atoms in total. The highest BCUT2D eigenvalue weighted by Gasteiger charge is 2.12. The summed E-state index contributed by atoms with van der Waals surface area (Å²) < 4.78 is 6.03. The summed E-state index contributed by atoms with van der Waals surface area (Å²) in [6.07, 6.45) is 0. The topological polar surface area (TPSA) is 26.3 Å². The quantitative estimate of drug-likeness (QED) is 0.618. The third-order valence-corrected chi connectivity index (χ3v) is 2.96. The summed E-state index contributed by atoms with van der Waals surface area (Å²) in [5, 5.41) is 0. The van der Waals surface area contributed by atoms with Crippen LogP contribution in [0.2, 0.25) is 0 Å². The van der Waals surface area contributed by atoms with Crippen molar-refractivity contribution in [3.8, 4) is 5.75 Å². The molecule has 0 radical (unpaired) electrons. The van der Waals surface area contributed by atoms with Crippen LogP contribution in [0.15, 0.2) is 12.1 Å². The lowest BCUT2D eigenvalue weighted by Gasteiger charge is -2.09. The third-order valence-electron chi connectivity index (χ3n) is 1.89. The first kappa shape index (κ1) is 10.5. The number of carbonyl (C=O) groups is 1. The fourth-order valence-corrected chi connectivity index (χ4v) is 2.45. The second kappa shape index (κ2) is 4.09. The zero-order valence-corrected chi connectivity index (χ0v) is 10.0. The zero-order valence-electron chi connectivity index (χ0n) is 7.85. The lowest BCUT2D eigenvalue weighted by Crippen LogP contribution is -2.01. The number of hydrogen-bond acceptors (Lipinski definition) is 2. The second-order valence-corrected chi connectivity index (χ2v) is 3.91. The number of methoxy groups -OCH3 is 1. The maximum absolute atomic E-state index is 11.3. The van der Waals surface area contributed by atoms with Gasteiger partial charge in [0.1, 0.15) is 5.75 Å². The van der Waals surface area contributed by atoms with Gasteiger partial charge in [0.2, 0.25) is 0 Å². The van der Waals surface area contributed by atoms with Gasteiger partial charge in [-0.2, -0.15) is 0 Å². The van der Waals surface area contributed by atoms with E-state index in [9.17, 15) is 4.79 Å². The average Bonchev–Trinajstić information content (AvgIpc) is 2.04. The SMILES string of the molecule is COc1ccc(C)c(C(C)=O)c1I. The molecule has 0 bridgehead atoms. The summed E-state index contributed by atoms with van der Waals surface area (Å²) in [6, 6.07) is 3.78. The lowest BCUT2D eigenvalue weighted by atomic mass is 10.1. The minimum Gasteiger partial charge on any atom is -0.496 e. The normalized spacial score (nSPS) is 9.85. The Morgan fingerprint density at radius 1 is 1.46 bits per heavy atom. The molecule has 0 aliphatic heterocycles. The number of ketones is 1. The molecule has 0 atom stereocenters. The number of benzene rings is 1. The Morgan fingerprint density at radius 2 is 2.08 bits per heavy atom. The van der Waals surface area contributed by atoms with Crippen molar-refractivity contribution in [3.63, 3.8) is 0 Å². The lowest BCUT2D eigenvalue weighted by molar-refractivity contribution is 0.101. The van der Waals surface area contributed by atoms with Crippen molar-refractivity contribution in [2.24, 2.45) is 0 Å². The van der Waals surface area contributed by atoms with E-state index in [0.717, 1.165) is 20.4 Å². The van der Waals surface area contributed by atoms with Crippen LogP contribution < -0.4 is 4.74 Å². The highest BCUT2D eigenvalue weighted by atomic mass is 127. The molecule has 1 rings (SSSR count). The summed E-state index contributed by atoms with van der Waals surface area (Å²) >= 11 is 2.14. The maximum atomic E-state index is 11.3. The van der Waals surface area contributed by atoms with E-state index in [1.807, 2.05) is 19.1 Å². The first-order valence-electron chi connectivity index (χ1n) is 3.92. The van der Waals surface area contributed by atoms with Crippen LogP contribution in [0.25, 0.3) is 0 Å². The second-order valence-electron chi connectivity index (χ2n) is 2.83. The van der Waals surface area contributed by atoms with E-state index >= 15 is 0 Å². The number of rotatable bonds is 2. The number of carbonyl (C=O) groups excluding carboxylic acids is 1. The van der Waals surface area contributed by atoms with E-state index in [1.165, 1.54) is 0 Å². The van der Waals surface area contributed by atoms with E-state index < -0.39 is 0 Å². The summed E-state index contributed by atoms with van der Waals surface area (Å²) in [6.45, 7) is 3.50. The van der Waals surface area contributed by atoms with E-state index in [4.69, 9.17) is 4.74 Å². The average molecular weight is 290 g/mol. The number of ether oxygens (including phenoxy) is 1. The van der Waals surface area contributed by atoms with Gasteiger partial charge >= 0.3 is 0 Å². The highest BCUT2D eigenvalue weighted by Crippen LogP contribution is 2.27. The predicted molar refractivity (Wildman–Crippen MR) is 60.5 cm³/mol. The summed E-state index contributed by atoms with van der Waals surface area (Å²) in [5.74, 6) is 0.845. The molecule has 0 aromatic heterocycles. The largest absolute Gasteiger partial charge is 0.496 e. The van der Waals surface area contributed by atoms with Gasteiger partial charge in [0, 0.05) is 5.56 Å². The van der Waals surface area contributed by atoms with Gasteiger partial charge in [-0.25, -0.2) is 0 Å². The van der Waals surface area contributed by atoms with Gasteiger partial charge in [0.25, 0.3) is 0 Å². The van der Waals surface area contributed by atoms with Gasteiger partial charge in [-0.3, -0.25) is 4.79 Å². The van der Waals surface area contributed by atoms with E-state index in [1.54, 1.807) is 14.0 Å². The molecule has 0 fully saturated rings. The van der Waals surface area contributed by atoms with Gasteiger partial charge in [-0.05, 0) is 48.1 Å². The third kappa shape index (κ3) is 2.02. The molecule has 0 amide bonds. The molecule has 0 aliphatic carbocycles. The Kier molecular flexibility index (Phi) is 3.30. The Labute approximate surface area is 91.4 Å². The fraction of sp³-hybridized carbons (Fsp3) is 0.300. The summed E-state index contributed by atoms with van der Waals surface area (Å²) in [4.78, 5) is 11.3. The number of hydrogen-bond donors (Lipinski definition) is 0. The van der Waals surface area contributed by atoms with E-state index in [0.29, 0.717) is 0 Å². The number of Topliss-reactive ketones (excluding diaryl/α,β-unsaturated/α-hetero) is 1. The number of halogens is 1. The van der Waals surface area contributed by atoms with Gasteiger partial charge in [-0.1, -0.05) is 6.07 Å². The molecule has 70 valence electrons. The molecule has 1 aromatic carbocycles. The Bertz CT molecular complexity index is 345. The van der Waals surface area contributed by atoms with Crippen molar-refractivity contribution in [2.75, 3.05) is 7.11 Å². The van der Waals surface area contributed by atoms with Crippen LogP contribution >= 0.6 is 22.6 Å². The van der Waals surface area contributed by atoms with Crippen molar-refractivity contribution in [1.82, 2.24) is 0 Å². The van der Waals surface area contributed by atoms with Crippen molar-refractivity contribution in [3.05, 3.63) is 26.8 Å². The summed E-state index contributed by atoms with van der Waals surface area (Å²) in [7, 11) is 1.61. The molecule has 3 heteroatoms. The van der Waals surface area contributed by atoms with Gasteiger partial charge < -0.3 is 4.74 Å². The molecule has 0 heterocycles. The van der Waals surface area contributed by atoms with Crippen LogP contribution in [0.5, 0.6) is 5.75 Å². The van der Waals surface area contributed by atoms with Crippen molar-refractivity contribution in [1.29, 1.82) is 0 Å². The van der Waals surface area contributed by atoms with E-state index in [-0.39, 0.29) is 5.78 Å². The van der Waals surface area contributed by atoms with Crippen molar-refractivity contribution in [2.45, 2.75) is 13.8 Å². The standard InChI is InChI=1S/C10H11IO2/c1-6-4-5-8(13-3)10(11)9(6)7(2)12/h4-5H,1-3H3. The molecule has 0 saturated heterocycles. The first-order valence-corrected chi connectivity index (χ1v) is 4.99. The molecule has 0 aliphatic rings. The molecular weight excluding hydrogens is 279 g/mol. The van der Waals surface area contributed by atoms with Crippen LogP contribution in [-0.4, -0.2) is 12.9 Å². The zero-order chi connectivity index (χ0) is 10.0. The Morgan fingerprint density at radius 3 is 2.54 bits per heavy atom. The van der Waals surface area contributed by atoms with Gasteiger partial charge in [0.05, 0.1) is 10.7 Å².